The number of hydrogen-bond acceptors (Lipinski definition) is 1. The van der Waals surface area contributed by atoms with Crippen molar-refractivity contribution >= 4 is 11.3 Å². The van der Waals surface area contributed by atoms with E-state index in [4.69, 9.17) is 0 Å². The maximum Gasteiger partial charge on any atom is 0.0483 e. The van der Waals surface area contributed by atoms with Crippen molar-refractivity contribution < 1.29 is 0 Å². The van der Waals surface area contributed by atoms with Crippen molar-refractivity contribution in [2.24, 2.45) is 0 Å². The SMILES string of the molecule is Cc1cc(Cn2c(C)cc(C)c2C)cs1. The molecule has 0 aliphatic carbocycles. The predicted molar refractivity (Wildman–Crippen MR) is 66.8 cm³/mol. The number of rotatable bonds is 2. The van der Waals surface area contributed by atoms with Gasteiger partial charge in [0.2, 0.25) is 0 Å². The summed E-state index contributed by atoms with van der Waals surface area (Å²) in [6.07, 6.45) is 0. The van der Waals surface area contributed by atoms with Gasteiger partial charge >= 0.3 is 0 Å². The molecule has 0 saturated carbocycles. The Morgan fingerprint density at radius 2 is 1.87 bits per heavy atom. The fourth-order valence-electron chi connectivity index (χ4n) is 1.98. The summed E-state index contributed by atoms with van der Waals surface area (Å²) in [4.78, 5) is 1.39. The lowest BCUT2D eigenvalue weighted by atomic mass is 10.3. The van der Waals surface area contributed by atoms with Crippen LogP contribution in [0, 0.1) is 27.7 Å². The Hall–Kier alpha value is -1.02. The van der Waals surface area contributed by atoms with E-state index in [-0.39, 0.29) is 0 Å². The average Bonchev–Trinajstić information content (AvgIpc) is 2.67. The first-order chi connectivity index (χ1) is 7.08. The van der Waals surface area contributed by atoms with Gasteiger partial charge in [-0.2, -0.15) is 0 Å². The van der Waals surface area contributed by atoms with E-state index < -0.39 is 0 Å². The van der Waals surface area contributed by atoms with Crippen molar-refractivity contribution in [2.75, 3.05) is 0 Å². The summed E-state index contributed by atoms with van der Waals surface area (Å²) in [5.74, 6) is 0. The lowest BCUT2D eigenvalue weighted by Crippen LogP contribution is -2.02. The zero-order valence-electron chi connectivity index (χ0n) is 9.79. The van der Waals surface area contributed by atoms with Crippen LogP contribution < -0.4 is 0 Å². The molecule has 0 aromatic carbocycles. The lowest BCUT2D eigenvalue weighted by molar-refractivity contribution is 0.749. The van der Waals surface area contributed by atoms with Crippen LogP contribution >= 0.6 is 11.3 Å². The number of hydrogen-bond donors (Lipinski definition) is 0. The molecule has 2 heterocycles. The van der Waals surface area contributed by atoms with Crippen molar-refractivity contribution in [3.63, 3.8) is 0 Å². The number of aryl methyl sites for hydroxylation is 3. The Bertz CT molecular complexity index is 477. The molecule has 0 N–H and O–H groups in total. The number of thiophene rings is 1. The first-order valence-corrected chi connectivity index (χ1v) is 6.13. The molecule has 0 aliphatic rings. The van der Waals surface area contributed by atoms with Crippen LogP contribution in [0.4, 0.5) is 0 Å². The maximum atomic E-state index is 2.39. The third-order valence-corrected chi connectivity index (χ3v) is 3.86. The number of aromatic nitrogens is 1. The predicted octanol–water partition coefficient (Wildman–Crippen LogP) is 3.83. The summed E-state index contributed by atoms with van der Waals surface area (Å²) in [6, 6.07) is 4.54. The summed E-state index contributed by atoms with van der Waals surface area (Å²) in [7, 11) is 0. The van der Waals surface area contributed by atoms with Crippen molar-refractivity contribution in [1.82, 2.24) is 4.57 Å². The first kappa shape index (κ1) is 10.5. The van der Waals surface area contributed by atoms with Crippen LogP contribution in [0.25, 0.3) is 0 Å². The van der Waals surface area contributed by atoms with E-state index in [0.717, 1.165) is 6.54 Å². The molecular formula is C13H17NS. The highest BCUT2D eigenvalue weighted by atomic mass is 32.1. The average molecular weight is 219 g/mol. The van der Waals surface area contributed by atoms with Crippen LogP contribution in [0.5, 0.6) is 0 Å². The topological polar surface area (TPSA) is 4.93 Å². The zero-order valence-corrected chi connectivity index (χ0v) is 10.6. The molecule has 2 aromatic rings. The van der Waals surface area contributed by atoms with Crippen LogP contribution in [0.1, 0.15) is 27.4 Å². The van der Waals surface area contributed by atoms with Gasteiger partial charge in [0.15, 0.2) is 0 Å². The van der Waals surface area contributed by atoms with Crippen LogP contribution in [-0.4, -0.2) is 4.57 Å². The van der Waals surface area contributed by atoms with Crippen LogP contribution in [-0.2, 0) is 6.54 Å². The van der Waals surface area contributed by atoms with Gasteiger partial charge in [-0.3, -0.25) is 0 Å². The second kappa shape index (κ2) is 3.86. The molecule has 0 fully saturated rings. The van der Waals surface area contributed by atoms with Gasteiger partial charge in [-0.15, -0.1) is 11.3 Å². The molecule has 15 heavy (non-hydrogen) atoms. The molecule has 0 atom stereocenters. The first-order valence-electron chi connectivity index (χ1n) is 5.25. The van der Waals surface area contributed by atoms with Crippen LogP contribution in [0.15, 0.2) is 17.5 Å². The highest BCUT2D eigenvalue weighted by molar-refractivity contribution is 7.10. The summed E-state index contributed by atoms with van der Waals surface area (Å²) in [5.41, 5.74) is 5.55. The molecule has 2 aromatic heterocycles. The third-order valence-electron chi connectivity index (χ3n) is 2.95. The zero-order chi connectivity index (χ0) is 11.0. The van der Waals surface area contributed by atoms with Crippen molar-refractivity contribution in [2.45, 2.75) is 34.2 Å². The third kappa shape index (κ3) is 2.00. The monoisotopic (exact) mass is 219 g/mol. The highest BCUT2D eigenvalue weighted by Gasteiger charge is 2.06. The molecule has 0 unspecified atom stereocenters. The fourth-order valence-corrected chi connectivity index (χ4v) is 2.68. The molecule has 0 saturated heterocycles. The molecule has 0 radical (unpaired) electrons. The number of nitrogens with zero attached hydrogens (tertiary/aromatic N) is 1. The second-order valence-corrected chi connectivity index (χ2v) is 5.32. The van der Waals surface area contributed by atoms with Crippen molar-refractivity contribution in [1.29, 1.82) is 0 Å². The van der Waals surface area contributed by atoms with E-state index in [2.05, 4.69) is 49.8 Å². The smallest absolute Gasteiger partial charge is 0.0483 e. The fraction of sp³-hybridized carbons (Fsp3) is 0.385. The van der Waals surface area contributed by atoms with Crippen LogP contribution in [0.2, 0.25) is 0 Å². The van der Waals surface area contributed by atoms with E-state index in [9.17, 15) is 0 Å². The Morgan fingerprint density at radius 3 is 2.33 bits per heavy atom. The van der Waals surface area contributed by atoms with E-state index >= 15 is 0 Å². The van der Waals surface area contributed by atoms with Crippen LogP contribution in [0.3, 0.4) is 0 Å². The van der Waals surface area contributed by atoms with Gasteiger partial charge in [0.05, 0.1) is 0 Å². The van der Waals surface area contributed by atoms with E-state index in [1.807, 2.05) is 11.3 Å². The quantitative estimate of drug-likeness (QED) is 0.723. The molecule has 2 heteroatoms. The van der Waals surface area contributed by atoms with E-state index in [1.54, 1.807) is 0 Å². The Labute approximate surface area is 95.4 Å². The Kier molecular flexibility index (Phi) is 2.70. The minimum atomic E-state index is 1.01. The summed E-state index contributed by atoms with van der Waals surface area (Å²) in [5, 5.41) is 2.25. The molecule has 0 bridgehead atoms. The second-order valence-electron chi connectivity index (χ2n) is 4.21. The molecular weight excluding hydrogens is 202 g/mol. The molecule has 2 rings (SSSR count). The Balaban J connectivity index is 2.31. The van der Waals surface area contributed by atoms with Gasteiger partial charge in [0.1, 0.15) is 0 Å². The standard InChI is InChI=1S/C13H17NS/c1-9-5-10(2)14(12(9)4)7-13-6-11(3)15-8-13/h5-6,8H,7H2,1-4H3. The van der Waals surface area contributed by atoms with E-state index in [1.165, 1.54) is 27.4 Å². The lowest BCUT2D eigenvalue weighted by Gasteiger charge is -2.07. The summed E-state index contributed by atoms with van der Waals surface area (Å²) < 4.78 is 2.39. The van der Waals surface area contributed by atoms with Gasteiger partial charge in [-0.1, -0.05) is 0 Å². The molecule has 0 aliphatic heterocycles. The molecule has 80 valence electrons. The molecule has 1 nitrogen and oxygen atoms in total. The minimum Gasteiger partial charge on any atom is -0.345 e. The molecule has 0 spiro atoms. The summed E-state index contributed by atoms with van der Waals surface area (Å²) >= 11 is 1.83. The largest absolute Gasteiger partial charge is 0.345 e. The van der Waals surface area contributed by atoms with Crippen molar-refractivity contribution in [3.05, 3.63) is 44.9 Å². The highest BCUT2D eigenvalue weighted by Crippen LogP contribution is 2.19. The van der Waals surface area contributed by atoms with E-state index in [0.29, 0.717) is 0 Å². The van der Waals surface area contributed by atoms with Gasteiger partial charge in [-0.25, -0.2) is 0 Å². The minimum absolute atomic E-state index is 1.01. The Morgan fingerprint density at radius 1 is 1.13 bits per heavy atom. The summed E-state index contributed by atoms with van der Waals surface area (Å²) in [6.45, 7) is 9.73. The van der Waals surface area contributed by atoms with Gasteiger partial charge in [0, 0.05) is 22.8 Å². The van der Waals surface area contributed by atoms with Crippen molar-refractivity contribution in [3.8, 4) is 0 Å². The molecule has 0 amide bonds. The van der Waals surface area contributed by atoms with Gasteiger partial charge in [0.25, 0.3) is 0 Å². The van der Waals surface area contributed by atoms with Gasteiger partial charge in [-0.05, 0) is 56.3 Å². The van der Waals surface area contributed by atoms with Gasteiger partial charge < -0.3 is 4.57 Å². The normalized spacial score (nSPS) is 10.9. The maximum absolute atomic E-state index is 2.39.